The highest BCUT2D eigenvalue weighted by molar-refractivity contribution is 7.92. The lowest BCUT2D eigenvalue weighted by Gasteiger charge is -2.30. The molecule has 0 saturated carbocycles. The van der Waals surface area contributed by atoms with Crippen LogP contribution in [0.1, 0.15) is 29.7 Å². The van der Waals surface area contributed by atoms with Gasteiger partial charge in [0, 0.05) is 5.02 Å². The van der Waals surface area contributed by atoms with E-state index in [-0.39, 0.29) is 0 Å². The summed E-state index contributed by atoms with van der Waals surface area (Å²) in [7, 11) is -3.74. The highest BCUT2D eigenvalue weighted by Gasteiger charge is 2.31. The number of amides is 1. The summed E-state index contributed by atoms with van der Waals surface area (Å²) in [5, 5.41) is 3.44. The molecule has 0 fully saturated rings. The lowest BCUT2D eigenvalue weighted by Crippen LogP contribution is -2.48. The summed E-state index contributed by atoms with van der Waals surface area (Å²) in [4.78, 5) is 13.3. The van der Waals surface area contributed by atoms with Gasteiger partial charge in [0.1, 0.15) is 6.04 Å². The maximum atomic E-state index is 13.3. The lowest BCUT2D eigenvalue weighted by molar-refractivity contribution is -0.122. The third kappa shape index (κ3) is 5.46. The molecule has 0 spiro atoms. The molecule has 0 radical (unpaired) electrons. The van der Waals surface area contributed by atoms with Crippen LogP contribution in [-0.2, 0) is 14.8 Å². The van der Waals surface area contributed by atoms with Gasteiger partial charge in [-0.1, -0.05) is 72.3 Å². The van der Waals surface area contributed by atoms with Crippen molar-refractivity contribution in [1.82, 2.24) is 5.32 Å². The second-order valence-electron chi connectivity index (χ2n) is 7.42. The molecule has 1 amide bonds. The van der Waals surface area contributed by atoms with Crippen molar-refractivity contribution in [2.45, 2.75) is 25.9 Å². The number of hydrogen-bond acceptors (Lipinski definition) is 3. The van der Waals surface area contributed by atoms with Crippen molar-refractivity contribution in [2.75, 3.05) is 10.6 Å². The van der Waals surface area contributed by atoms with E-state index < -0.39 is 28.0 Å². The number of hydrogen-bond donors (Lipinski definition) is 1. The Labute approximate surface area is 188 Å². The molecule has 3 rings (SSSR count). The number of carbonyl (C=O) groups excluding carboxylic acids is 1. The zero-order chi connectivity index (χ0) is 22.6. The Morgan fingerprint density at radius 1 is 0.968 bits per heavy atom. The Bertz CT molecular complexity index is 1170. The molecule has 3 aromatic rings. The number of nitrogens with one attached hydrogen (secondary N) is 1. The predicted molar refractivity (Wildman–Crippen MR) is 126 cm³/mol. The van der Waals surface area contributed by atoms with Crippen LogP contribution in [0.2, 0.25) is 5.02 Å². The van der Waals surface area contributed by atoms with E-state index in [1.54, 1.807) is 25.1 Å². The van der Waals surface area contributed by atoms with E-state index in [1.807, 2.05) is 61.5 Å². The summed E-state index contributed by atoms with van der Waals surface area (Å²) in [5.74, 6) is -0.414. The first-order chi connectivity index (χ1) is 14.7. The Balaban J connectivity index is 1.98. The summed E-state index contributed by atoms with van der Waals surface area (Å²) in [6.07, 6.45) is 1.08. The minimum Gasteiger partial charge on any atom is -0.343 e. The molecule has 162 valence electrons. The molecule has 0 saturated heterocycles. The molecule has 2 atom stereocenters. The van der Waals surface area contributed by atoms with Gasteiger partial charge in [-0.2, -0.15) is 0 Å². The zero-order valence-electron chi connectivity index (χ0n) is 17.6. The maximum absolute atomic E-state index is 13.3. The van der Waals surface area contributed by atoms with Crippen LogP contribution in [-0.4, -0.2) is 26.6 Å². The van der Waals surface area contributed by atoms with Gasteiger partial charge in [0.25, 0.3) is 0 Å². The SMILES string of the molecule is Cc1ccccc1[C@@H](NC(=O)[C@H](C)N(c1cccc(Cl)c1)S(C)(=O)=O)c1ccccc1. The first-order valence-corrected chi connectivity index (χ1v) is 12.1. The smallest absolute Gasteiger partial charge is 0.244 e. The van der Waals surface area contributed by atoms with Crippen molar-refractivity contribution in [3.8, 4) is 0 Å². The van der Waals surface area contributed by atoms with Gasteiger partial charge in [0.05, 0.1) is 18.0 Å². The largest absolute Gasteiger partial charge is 0.343 e. The lowest BCUT2D eigenvalue weighted by atomic mass is 9.94. The molecule has 3 aromatic carbocycles. The topological polar surface area (TPSA) is 66.5 Å². The Hall–Kier alpha value is -2.83. The molecule has 0 aromatic heterocycles. The molecule has 0 bridgehead atoms. The summed E-state index contributed by atoms with van der Waals surface area (Å²) in [5.41, 5.74) is 3.22. The fraction of sp³-hybridized carbons (Fsp3) is 0.208. The highest BCUT2D eigenvalue weighted by Crippen LogP contribution is 2.27. The maximum Gasteiger partial charge on any atom is 0.244 e. The van der Waals surface area contributed by atoms with Gasteiger partial charge in [0.15, 0.2) is 0 Å². The Morgan fingerprint density at radius 3 is 2.23 bits per heavy atom. The molecule has 31 heavy (non-hydrogen) atoms. The van der Waals surface area contributed by atoms with Gasteiger partial charge in [-0.3, -0.25) is 9.10 Å². The second-order valence-corrected chi connectivity index (χ2v) is 9.72. The van der Waals surface area contributed by atoms with Crippen molar-refractivity contribution in [3.63, 3.8) is 0 Å². The number of sulfonamides is 1. The minimum absolute atomic E-state index is 0.338. The molecule has 1 N–H and O–H groups in total. The number of anilines is 1. The number of carbonyl (C=O) groups is 1. The van der Waals surface area contributed by atoms with Crippen molar-refractivity contribution >= 4 is 33.2 Å². The first-order valence-electron chi connectivity index (χ1n) is 9.84. The molecule has 0 unspecified atom stereocenters. The van der Waals surface area contributed by atoms with Crippen molar-refractivity contribution < 1.29 is 13.2 Å². The normalized spacial score (nSPS) is 13.3. The predicted octanol–water partition coefficient (Wildman–Crippen LogP) is 4.71. The Morgan fingerprint density at radius 2 is 1.61 bits per heavy atom. The van der Waals surface area contributed by atoms with Crippen molar-refractivity contribution in [2.24, 2.45) is 0 Å². The van der Waals surface area contributed by atoms with Crippen LogP contribution in [0.15, 0.2) is 78.9 Å². The second kappa shape index (κ2) is 9.54. The number of nitrogens with zero attached hydrogens (tertiary/aromatic N) is 1. The summed E-state index contributed by atoms with van der Waals surface area (Å²) in [6, 6.07) is 22.5. The average Bonchev–Trinajstić information content (AvgIpc) is 2.72. The fourth-order valence-corrected chi connectivity index (χ4v) is 4.93. The summed E-state index contributed by atoms with van der Waals surface area (Å²) >= 11 is 6.06. The van der Waals surface area contributed by atoms with Gasteiger partial charge < -0.3 is 5.32 Å². The van der Waals surface area contributed by atoms with Crippen molar-refractivity contribution in [1.29, 1.82) is 0 Å². The van der Waals surface area contributed by atoms with Crippen LogP contribution in [0.5, 0.6) is 0 Å². The van der Waals surface area contributed by atoms with Crippen LogP contribution < -0.4 is 9.62 Å². The van der Waals surface area contributed by atoms with E-state index in [9.17, 15) is 13.2 Å². The molecule has 0 aliphatic heterocycles. The monoisotopic (exact) mass is 456 g/mol. The fourth-order valence-electron chi connectivity index (χ4n) is 3.58. The molecular weight excluding hydrogens is 432 g/mol. The van der Waals surface area contributed by atoms with E-state index >= 15 is 0 Å². The van der Waals surface area contributed by atoms with Gasteiger partial charge in [-0.05, 0) is 48.7 Å². The van der Waals surface area contributed by atoms with Gasteiger partial charge in [0.2, 0.25) is 15.9 Å². The zero-order valence-corrected chi connectivity index (χ0v) is 19.2. The minimum atomic E-state index is -3.74. The number of aryl methyl sites for hydroxylation is 1. The number of halogens is 1. The van der Waals surface area contributed by atoms with E-state index in [2.05, 4.69) is 5.32 Å². The number of rotatable bonds is 7. The molecule has 5 nitrogen and oxygen atoms in total. The molecule has 0 aliphatic rings. The van der Waals surface area contributed by atoms with Gasteiger partial charge >= 0.3 is 0 Å². The standard InChI is InChI=1S/C24H25ClN2O3S/c1-17-10-7-8-15-22(17)23(19-11-5-4-6-12-19)26-24(28)18(2)27(31(3,29)30)21-14-9-13-20(25)16-21/h4-16,18,23H,1-3H3,(H,26,28)/t18-,23-/m0/s1. The van der Waals surface area contributed by atoms with Crippen LogP contribution in [0, 0.1) is 6.92 Å². The molecule has 0 aliphatic carbocycles. The first kappa shape index (κ1) is 22.8. The van der Waals surface area contributed by atoms with E-state index in [0.29, 0.717) is 10.7 Å². The van der Waals surface area contributed by atoms with Crippen molar-refractivity contribution in [3.05, 3.63) is 101 Å². The van der Waals surface area contributed by atoms with Crippen LogP contribution in [0.4, 0.5) is 5.69 Å². The quantitative estimate of drug-likeness (QED) is 0.560. The van der Waals surface area contributed by atoms with Gasteiger partial charge in [-0.15, -0.1) is 0 Å². The number of benzene rings is 3. The summed E-state index contributed by atoms with van der Waals surface area (Å²) < 4.78 is 26.2. The molecule has 7 heteroatoms. The van der Waals surface area contributed by atoms with Crippen LogP contribution in [0.3, 0.4) is 0 Å². The van der Waals surface area contributed by atoms with Crippen LogP contribution in [0.25, 0.3) is 0 Å². The Kier molecular flexibility index (Phi) is 7.03. The highest BCUT2D eigenvalue weighted by atomic mass is 35.5. The third-order valence-corrected chi connectivity index (χ3v) is 6.55. The van der Waals surface area contributed by atoms with E-state index in [0.717, 1.165) is 27.3 Å². The molecular formula is C24H25ClN2O3S. The summed E-state index contributed by atoms with van der Waals surface area (Å²) in [6.45, 7) is 3.55. The third-order valence-electron chi connectivity index (χ3n) is 5.07. The van der Waals surface area contributed by atoms with E-state index in [4.69, 9.17) is 11.6 Å². The average molecular weight is 457 g/mol. The van der Waals surface area contributed by atoms with Gasteiger partial charge in [-0.25, -0.2) is 8.42 Å². The van der Waals surface area contributed by atoms with E-state index in [1.165, 1.54) is 6.07 Å². The molecule has 0 heterocycles. The van der Waals surface area contributed by atoms with Crippen LogP contribution >= 0.6 is 11.6 Å².